The van der Waals surface area contributed by atoms with Gasteiger partial charge in [-0.2, -0.15) is 15.0 Å². The highest BCUT2D eigenvalue weighted by atomic mass is 15.5. The fourth-order valence-corrected chi connectivity index (χ4v) is 8.10. The van der Waals surface area contributed by atoms with E-state index >= 15 is 0 Å². The molecule has 0 amide bonds. The van der Waals surface area contributed by atoms with Crippen molar-refractivity contribution >= 4 is 17.8 Å². The minimum Gasteiger partial charge on any atom is -0.368 e. The smallest absolute Gasteiger partial charge is 0.235 e. The van der Waals surface area contributed by atoms with Gasteiger partial charge in [0, 0.05) is 0 Å². The number of piperidine rings is 5. The van der Waals surface area contributed by atoms with Crippen LogP contribution < -0.4 is 46.6 Å². The summed E-state index contributed by atoms with van der Waals surface area (Å²) in [6.45, 7) is 5.13. The third-order valence-corrected chi connectivity index (χ3v) is 10.5. The summed E-state index contributed by atoms with van der Waals surface area (Å²) in [4.78, 5) is 23.7. The monoisotopic (exact) mass is 620 g/mol. The molecule has 6 N–H and O–H groups in total. The molecule has 6 aliphatic heterocycles. The minimum absolute atomic E-state index is 0.0446. The molecular formula is C33H56N12. The Hall–Kier alpha value is -2.51. The number of hydrogen-bond acceptors (Lipinski definition) is 12. The second-order valence-electron chi connectivity index (χ2n) is 13.6. The minimum atomic E-state index is -0.0446. The second kappa shape index (κ2) is 15.4. The first-order chi connectivity index (χ1) is 22.3. The van der Waals surface area contributed by atoms with Gasteiger partial charge in [0.2, 0.25) is 17.8 Å². The Morgan fingerprint density at radius 1 is 0.444 bits per heavy atom. The number of dihydropyridines is 1. The number of nitrogens with one attached hydrogen (secondary N) is 6. The fraction of sp³-hybridized carbons (Fsp3) is 0.788. The zero-order valence-corrected chi connectivity index (χ0v) is 27.1. The van der Waals surface area contributed by atoms with Crippen LogP contribution in [0.4, 0.5) is 17.8 Å². The number of aromatic nitrogens is 3. The molecule has 6 aliphatic rings. The first-order valence-corrected chi connectivity index (χ1v) is 18.2. The van der Waals surface area contributed by atoms with Crippen molar-refractivity contribution < 1.29 is 0 Å². The fourth-order valence-electron chi connectivity index (χ4n) is 8.10. The van der Waals surface area contributed by atoms with Crippen molar-refractivity contribution in [1.29, 1.82) is 0 Å². The van der Waals surface area contributed by atoms with Gasteiger partial charge in [0.15, 0.2) is 0 Å². The highest BCUT2D eigenvalue weighted by Gasteiger charge is 2.37. The highest BCUT2D eigenvalue weighted by Crippen LogP contribution is 2.32. The molecule has 45 heavy (non-hydrogen) atoms. The van der Waals surface area contributed by atoms with Crippen molar-refractivity contribution in [1.82, 2.24) is 46.9 Å². The normalized spacial score (nSPS) is 32.4. The van der Waals surface area contributed by atoms with Crippen molar-refractivity contribution in [2.75, 3.05) is 47.4 Å². The van der Waals surface area contributed by atoms with Crippen LogP contribution in [0.5, 0.6) is 0 Å². The van der Waals surface area contributed by atoms with Gasteiger partial charge in [-0.05, 0) is 147 Å². The summed E-state index contributed by atoms with van der Waals surface area (Å²) in [5.41, 5.74) is 0. The van der Waals surface area contributed by atoms with Crippen molar-refractivity contribution in [3.63, 3.8) is 0 Å². The molecule has 12 heteroatoms. The average Bonchev–Trinajstić information content (AvgIpc) is 3.12. The van der Waals surface area contributed by atoms with E-state index in [9.17, 15) is 0 Å². The Morgan fingerprint density at radius 2 is 0.800 bits per heavy atom. The van der Waals surface area contributed by atoms with Crippen molar-refractivity contribution in [3.05, 3.63) is 24.4 Å². The summed E-state index contributed by atoms with van der Waals surface area (Å²) in [7, 11) is 0. The van der Waals surface area contributed by atoms with Crippen LogP contribution in [0.2, 0.25) is 0 Å². The average molecular weight is 621 g/mol. The highest BCUT2D eigenvalue weighted by molar-refractivity contribution is 5.50. The van der Waals surface area contributed by atoms with Crippen molar-refractivity contribution in [2.45, 2.75) is 133 Å². The van der Waals surface area contributed by atoms with Crippen LogP contribution in [-0.4, -0.2) is 84.7 Å². The van der Waals surface area contributed by atoms with Crippen LogP contribution >= 0.6 is 0 Å². The van der Waals surface area contributed by atoms with Crippen molar-refractivity contribution in [3.8, 4) is 0 Å². The van der Waals surface area contributed by atoms with E-state index in [1.165, 1.54) is 64.2 Å². The summed E-state index contributed by atoms with van der Waals surface area (Å²) in [5.74, 6) is 2.34. The largest absolute Gasteiger partial charge is 0.368 e. The van der Waals surface area contributed by atoms with Crippen LogP contribution in [0.25, 0.3) is 0 Å². The molecule has 248 valence electrons. The topological polar surface area (TPSA) is 121 Å². The lowest BCUT2D eigenvalue weighted by Crippen LogP contribution is -2.61. The van der Waals surface area contributed by atoms with E-state index in [1.807, 2.05) is 6.20 Å². The Balaban J connectivity index is 1.35. The van der Waals surface area contributed by atoms with Crippen LogP contribution in [0.15, 0.2) is 24.4 Å². The van der Waals surface area contributed by atoms with Gasteiger partial charge in [-0.15, -0.1) is 0 Å². The molecule has 0 bridgehead atoms. The molecule has 6 unspecified atom stereocenters. The van der Waals surface area contributed by atoms with Gasteiger partial charge < -0.3 is 20.0 Å². The summed E-state index contributed by atoms with van der Waals surface area (Å²) in [5, 5.41) is 22.8. The Kier molecular flexibility index (Phi) is 10.6. The molecule has 1 aromatic rings. The Labute approximate surface area is 269 Å². The maximum absolute atomic E-state index is 5.48. The van der Waals surface area contributed by atoms with Gasteiger partial charge in [-0.1, -0.05) is 6.08 Å². The SMILES string of the molecule is C1=CNC(N(c2nc(N(C3CCCCN3)C3CCCCN3)nc(N(C3CCCCN3)C3CCCCN3)n2)C2CCCCN2)C=C1. The molecule has 7 rings (SSSR count). The summed E-state index contributed by atoms with van der Waals surface area (Å²) in [6, 6.07) is 0. The molecule has 1 aromatic heterocycles. The maximum Gasteiger partial charge on any atom is 0.235 e. The molecular weight excluding hydrogens is 564 g/mol. The van der Waals surface area contributed by atoms with E-state index in [-0.39, 0.29) is 37.0 Å². The molecule has 5 fully saturated rings. The van der Waals surface area contributed by atoms with Gasteiger partial charge in [-0.25, -0.2) is 0 Å². The van der Waals surface area contributed by atoms with E-state index in [1.54, 1.807) is 0 Å². The second-order valence-corrected chi connectivity index (χ2v) is 13.6. The van der Waals surface area contributed by atoms with E-state index in [0.717, 1.165) is 82.7 Å². The van der Waals surface area contributed by atoms with Gasteiger partial charge >= 0.3 is 0 Å². The van der Waals surface area contributed by atoms with E-state index in [2.05, 4.69) is 64.8 Å². The lowest BCUT2D eigenvalue weighted by Gasteiger charge is -2.45. The van der Waals surface area contributed by atoms with E-state index in [0.29, 0.717) is 0 Å². The first-order valence-electron chi connectivity index (χ1n) is 18.2. The van der Waals surface area contributed by atoms with Gasteiger partial charge in [0.1, 0.15) is 6.17 Å². The number of hydrogen-bond donors (Lipinski definition) is 6. The first kappa shape index (κ1) is 31.1. The number of allylic oxidation sites excluding steroid dienone is 2. The number of anilines is 3. The quantitative estimate of drug-likeness (QED) is 0.244. The van der Waals surface area contributed by atoms with Crippen molar-refractivity contribution in [2.24, 2.45) is 0 Å². The standard InChI is InChI=1S/C33H56N12/c1-7-19-34-25(13-1)43(26-14-2-8-20-35-26)31-40-32(44(27-15-3-9-21-36-27)28-16-4-10-22-37-28)42-33(41-31)45(29-17-5-11-23-38-29)30-18-6-12-24-39-30/h1,7,13,19,25-30,34-39H,2-6,8-12,14-18,20-24H2. The molecule has 0 spiro atoms. The molecule has 0 aromatic carbocycles. The van der Waals surface area contributed by atoms with Crippen LogP contribution in [-0.2, 0) is 0 Å². The predicted octanol–water partition coefficient (Wildman–Crippen LogP) is 2.79. The summed E-state index contributed by atoms with van der Waals surface area (Å²) in [6.07, 6.45) is 26.9. The summed E-state index contributed by atoms with van der Waals surface area (Å²) >= 11 is 0. The maximum atomic E-state index is 5.48. The zero-order chi connectivity index (χ0) is 30.3. The third kappa shape index (κ3) is 7.40. The molecule has 6 atom stereocenters. The molecule has 5 saturated heterocycles. The predicted molar refractivity (Wildman–Crippen MR) is 181 cm³/mol. The molecule has 0 saturated carbocycles. The van der Waals surface area contributed by atoms with E-state index in [4.69, 9.17) is 15.0 Å². The lowest BCUT2D eigenvalue weighted by molar-refractivity contribution is 0.295. The summed E-state index contributed by atoms with van der Waals surface area (Å²) < 4.78 is 0. The lowest BCUT2D eigenvalue weighted by atomic mass is 10.1. The van der Waals surface area contributed by atoms with Crippen LogP contribution in [0, 0.1) is 0 Å². The van der Waals surface area contributed by atoms with Gasteiger partial charge in [0.25, 0.3) is 0 Å². The number of nitrogens with zero attached hydrogens (tertiary/aromatic N) is 6. The third-order valence-electron chi connectivity index (χ3n) is 10.5. The molecule has 0 aliphatic carbocycles. The van der Waals surface area contributed by atoms with E-state index < -0.39 is 0 Å². The zero-order valence-electron chi connectivity index (χ0n) is 27.1. The molecule has 0 radical (unpaired) electrons. The van der Waals surface area contributed by atoms with Crippen LogP contribution in [0.1, 0.15) is 96.3 Å². The van der Waals surface area contributed by atoms with Gasteiger partial charge in [-0.3, -0.25) is 26.6 Å². The Morgan fingerprint density at radius 3 is 1.11 bits per heavy atom. The van der Waals surface area contributed by atoms with Crippen LogP contribution in [0.3, 0.4) is 0 Å². The number of rotatable bonds is 9. The Bertz CT molecular complexity index is 1020. The van der Waals surface area contributed by atoms with Gasteiger partial charge in [0.05, 0.1) is 30.8 Å². The molecule has 7 heterocycles. The molecule has 12 nitrogen and oxygen atoms in total.